The number of hydrogen-bond donors (Lipinski definition) is 1. The predicted molar refractivity (Wildman–Crippen MR) is 87.2 cm³/mol. The minimum atomic E-state index is -0.0851. The molecule has 0 aliphatic carbocycles. The first-order chi connectivity index (χ1) is 10.2. The van der Waals surface area contributed by atoms with Crippen molar-refractivity contribution in [3.63, 3.8) is 0 Å². The van der Waals surface area contributed by atoms with E-state index in [2.05, 4.69) is 49.3 Å². The number of benzene rings is 2. The number of rotatable bonds is 4. The van der Waals surface area contributed by atoms with Crippen molar-refractivity contribution >= 4 is 22.4 Å². The smallest absolute Gasteiger partial charge is 0.267 e. The number of hydrazine groups is 1. The first-order valence-corrected chi connectivity index (χ1v) is 7.47. The van der Waals surface area contributed by atoms with Crippen LogP contribution in [0.4, 0.5) is 5.69 Å². The first-order valence-electron chi connectivity index (χ1n) is 7.47. The molecule has 0 spiro atoms. The molecule has 21 heavy (non-hydrogen) atoms. The fraction of sp³-hybridized carbons (Fsp3) is 0.278. The Morgan fingerprint density at radius 3 is 2.67 bits per heavy atom. The minimum absolute atomic E-state index is 0.0851. The van der Waals surface area contributed by atoms with E-state index in [0.29, 0.717) is 12.1 Å². The molecule has 1 N–H and O–H groups in total. The second-order valence-electron chi connectivity index (χ2n) is 5.53. The molecule has 0 saturated carbocycles. The summed E-state index contributed by atoms with van der Waals surface area (Å²) >= 11 is 0. The lowest BCUT2D eigenvalue weighted by Crippen LogP contribution is -2.33. The lowest BCUT2D eigenvalue weighted by Gasteiger charge is -2.21. The largest absolute Gasteiger partial charge is 0.280 e. The molecular formula is C18H20N2O. The van der Waals surface area contributed by atoms with Crippen LogP contribution in [0.2, 0.25) is 0 Å². The Bertz CT molecular complexity index is 684. The maximum absolute atomic E-state index is 11.7. The minimum Gasteiger partial charge on any atom is -0.280 e. The van der Waals surface area contributed by atoms with Crippen LogP contribution in [-0.4, -0.2) is 12.5 Å². The Labute approximate surface area is 125 Å². The fourth-order valence-corrected chi connectivity index (χ4v) is 2.85. The Morgan fingerprint density at radius 1 is 1.24 bits per heavy atom. The molecule has 2 aromatic rings. The number of carbonyl (C=O) groups is 1. The van der Waals surface area contributed by atoms with Crippen LogP contribution < -0.4 is 10.4 Å². The third kappa shape index (κ3) is 2.51. The molecule has 3 rings (SSSR count). The maximum Gasteiger partial charge on any atom is 0.267 e. The second kappa shape index (κ2) is 5.60. The summed E-state index contributed by atoms with van der Waals surface area (Å²) in [6.45, 7) is 6.56. The third-order valence-electron chi connectivity index (χ3n) is 3.97. The van der Waals surface area contributed by atoms with E-state index in [9.17, 15) is 4.79 Å². The van der Waals surface area contributed by atoms with Gasteiger partial charge in [-0.05, 0) is 29.9 Å². The predicted octanol–water partition coefficient (Wildman–Crippen LogP) is 3.59. The molecule has 0 bridgehead atoms. The van der Waals surface area contributed by atoms with Crippen molar-refractivity contribution in [1.82, 2.24) is 5.43 Å². The van der Waals surface area contributed by atoms with Gasteiger partial charge < -0.3 is 0 Å². The number of carbonyl (C=O) groups excluding carboxylic acids is 1. The molecule has 1 aliphatic heterocycles. The van der Waals surface area contributed by atoms with Crippen molar-refractivity contribution in [2.24, 2.45) is 0 Å². The number of aryl methyl sites for hydroxylation is 1. The van der Waals surface area contributed by atoms with Crippen molar-refractivity contribution in [3.05, 3.63) is 54.1 Å². The molecule has 3 nitrogen and oxygen atoms in total. The van der Waals surface area contributed by atoms with Crippen LogP contribution in [0.15, 0.2) is 48.6 Å². The van der Waals surface area contributed by atoms with Crippen LogP contribution in [0, 0.1) is 0 Å². The van der Waals surface area contributed by atoms with Gasteiger partial charge in [-0.25, -0.2) is 0 Å². The highest BCUT2D eigenvalue weighted by Gasteiger charge is 2.24. The van der Waals surface area contributed by atoms with Gasteiger partial charge in [-0.1, -0.05) is 50.3 Å². The molecule has 0 aromatic heterocycles. The molecule has 2 aromatic carbocycles. The number of hydrogen-bond acceptors (Lipinski definition) is 2. The van der Waals surface area contributed by atoms with Gasteiger partial charge in [-0.2, -0.15) is 0 Å². The summed E-state index contributed by atoms with van der Waals surface area (Å²) < 4.78 is 0. The number of unbranched alkanes of at least 4 members (excludes halogenated alkanes) is 1. The molecule has 1 heterocycles. The Kier molecular flexibility index (Phi) is 3.65. The van der Waals surface area contributed by atoms with Gasteiger partial charge in [0.1, 0.15) is 0 Å². The molecule has 0 atom stereocenters. The molecule has 1 saturated heterocycles. The van der Waals surface area contributed by atoms with Crippen LogP contribution in [0.5, 0.6) is 0 Å². The molecule has 0 unspecified atom stereocenters. The molecule has 1 amide bonds. The van der Waals surface area contributed by atoms with E-state index in [4.69, 9.17) is 0 Å². The van der Waals surface area contributed by atoms with Gasteiger partial charge in [-0.15, -0.1) is 0 Å². The summed E-state index contributed by atoms with van der Waals surface area (Å²) in [4.78, 5) is 11.7. The first kappa shape index (κ1) is 13.7. The van der Waals surface area contributed by atoms with Crippen LogP contribution in [0.3, 0.4) is 0 Å². The van der Waals surface area contributed by atoms with Crippen molar-refractivity contribution in [2.45, 2.75) is 26.2 Å². The van der Waals surface area contributed by atoms with E-state index >= 15 is 0 Å². The summed E-state index contributed by atoms with van der Waals surface area (Å²) in [5.74, 6) is -0.0851. The van der Waals surface area contributed by atoms with E-state index in [1.807, 2.05) is 11.1 Å². The zero-order valence-corrected chi connectivity index (χ0v) is 12.4. The average molecular weight is 280 g/mol. The number of fused-ring (bicyclic) bond motifs is 1. The van der Waals surface area contributed by atoms with Gasteiger partial charge in [0.15, 0.2) is 0 Å². The monoisotopic (exact) mass is 280 g/mol. The highest BCUT2D eigenvalue weighted by atomic mass is 16.2. The molecule has 108 valence electrons. The number of nitrogens with zero attached hydrogens (tertiary/aromatic N) is 1. The van der Waals surface area contributed by atoms with Crippen LogP contribution in [0.1, 0.15) is 25.3 Å². The lowest BCUT2D eigenvalue weighted by atomic mass is 9.98. The zero-order valence-electron chi connectivity index (χ0n) is 12.4. The summed E-state index contributed by atoms with van der Waals surface area (Å²) in [7, 11) is 0. The Balaban J connectivity index is 2.09. The van der Waals surface area contributed by atoms with Gasteiger partial charge in [-0.3, -0.25) is 15.2 Å². The normalized spacial score (nSPS) is 14.8. The van der Waals surface area contributed by atoms with Crippen LogP contribution in [0.25, 0.3) is 10.8 Å². The number of nitrogens with one attached hydrogen (secondary N) is 1. The highest BCUT2D eigenvalue weighted by molar-refractivity contribution is 6.02. The van der Waals surface area contributed by atoms with E-state index in [1.165, 1.54) is 29.2 Å². The van der Waals surface area contributed by atoms with Crippen molar-refractivity contribution < 1.29 is 4.79 Å². The van der Waals surface area contributed by atoms with Crippen LogP contribution >= 0.6 is 0 Å². The Hall–Kier alpha value is -2.29. The van der Waals surface area contributed by atoms with E-state index in [-0.39, 0.29) is 5.91 Å². The van der Waals surface area contributed by atoms with Gasteiger partial charge in [0, 0.05) is 11.0 Å². The Morgan fingerprint density at radius 2 is 2.00 bits per heavy atom. The van der Waals surface area contributed by atoms with E-state index in [1.54, 1.807) is 0 Å². The van der Waals surface area contributed by atoms with Crippen molar-refractivity contribution in [1.29, 1.82) is 0 Å². The third-order valence-corrected chi connectivity index (χ3v) is 3.97. The van der Waals surface area contributed by atoms with Crippen molar-refractivity contribution in [2.75, 3.05) is 11.6 Å². The van der Waals surface area contributed by atoms with E-state index < -0.39 is 0 Å². The molecule has 1 fully saturated rings. The SMILES string of the molecule is C=C1CN(c2cccc3cccc(CCCC)c23)NC1=O. The summed E-state index contributed by atoms with van der Waals surface area (Å²) in [6, 6.07) is 12.7. The molecular weight excluding hydrogens is 260 g/mol. The molecule has 1 aliphatic rings. The number of anilines is 1. The quantitative estimate of drug-likeness (QED) is 0.868. The highest BCUT2D eigenvalue weighted by Crippen LogP contribution is 2.31. The average Bonchev–Trinajstić information content (AvgIpc) is 2.84. The van der Waals surface area contributed by atoms with Gasteiger partial charge in [0.05, 0.1) is 12.2 Å². The topological polar surface area (TPSA) is 32.3 Å². The summed E-state index contributed by atoms with van der Waals surface area (Å²) in [5, 5.41) is 4.36. The standard InChI is InChI=1S/C18H20N2O/c1-3-4-7-14-8-5-9-15-10-6-11-16(17(14)15)20-12-13(2)18(21)19-20/h5-6,8-11H,2-4,7,12H2,1H3,(H,19,21). The second-order valence-corrected chi connectivity index (χ2v) is 5.53. The van der Waals surface area contributed by atoms with Gasteiger partial charge in [0.2, 0.25) is 0 Å². The van der Waals surface area contributed by atoms with Gasteiger partial charge in [0.25, 0.3) is 5.91 Å². The van der Waals surface area contributed by atoms with Crippen LogP contribution in [-0.2, 0) is 11.2 Å². The summed E-state index contributed by atoms with van der Waals surface area (Å²) in [6.07, 6.45) is 3.41. The molecule has 3 heteroatoms. The maximum atomic E-state index is 11.7. The van der Waals surface area contributed by atoms with Crippen molar-refractivity contribution in [3.8, 4) is 0 Å². The van der Waals surface area contributed by atoms with E-state index in [0.717, 1.165) is 12.1 Å². The number of amides is 1. The fourth-order valence-electron chi connectivity index (χ4n) is 2.85. The molecule has 0 radical (unpaired) electrons. The van der Waals surface area contributed by atoms with Gasteiger partial charge >= 0.3 is 0 Å². The lowest BCUT2D eigenvalue weighted by molar-refractivity contribution is -0.116. The summed E-state index contributed by atoms with van der Waals surface area (Å²) in [5.41, 5.74) is 5.91. The zero-order chi connectivity index (χ0) is 14.8.